The second-order valence-electron chi connectivity index (χ2n) is 10.3. The molecule has 0 aromatic rings. The Morgan fingerprint density at radius 2 is 1.56 bits per heavy atom. The summed E-state index contributed by atoms with van der Waals surface area (Å²) >= 11 is 0. The summed E-state index contributed by atoms with van der Waals surface area (Å²) in [7, 11) is 0. The van der Waals surface area contributed by atoms with Crippen LogP contribution in [0, 0.1) is 0 Å². The molecule has 228 valence electrons. The quantitative estimate of drug-likeness (QED) is 0.116. The number of ether oxygens (including phenoxy) is 4. The van der Waals surface area contributed by atoms with Crippen LogP contribution in [0.5, 0.6) is 0 Å². The molecule has 7 unspecified atom stereocenters. The minimum atomic E-state index is -1.68. The molecular weight excluding hydrogens is 524 g/mol. The first-order valence-corrected chi connectivity index (χ1v) is 13.0. The van der Waals surface area contributed by atoms with Crippen molar-refractivity contribution in [3.63, 3.8) is 0 Å². The Hall–Kier alpha value is -1.13. The molecule has 2 aliphatic heterocycles. The molecule has 15 atom stereocenters. The van der Waals surface area contributed by atoms with Crippen molar-refractivity contribution < 1.29 is 54.4 Å². The predicted molar refractivity (Wildman–Crippen MR) is 132 cm³/mol. The standard InChI is InChI=1S/C22H44N6O11/c23-4-3-9(30)20(35)28-13-15(32)12(27)18(38-21-8(25)2-1-7(5-24)36-21)17(34)19(13)39-22-16(33)11(26)14(31)10(6-29)37-22/h7-19,21-22,29-34H,1-6,23-27H2,(H,28,35)/t7?,8?,9-,10?,11?,12-,13?,14-,15+,16-,17?,18?,19-,21+,22+/m0/s1. The van der Waals surface area contributed by atoms with Crippen LogP contribution >= 0.6 is 0 Å². The Bertz CT molecular complexity index is 787. The summed E-state index contributed by atoms with van der Waals surface area (Å²) in [6.45, 7) is -0.469. The number of aliphatic hydroxyl groups is 6. The van der Waals surface area contributed by atoms with Crippen LogP contribution in [0.2, 0.25) is 0 Å². The molecule has 3 fully saturated rings. The molecule has 3 rings (SSSR count). The second-order valence-corrected chi connectivity index (χ2v) is 10.3. The number of carbonyl (C=O) groups excluding carboxylic acids is 1. The lowest BCUT2D eigenvalue weighted by atomic mass is 9.81. The predicted octanol–water partition coefficient (Wildman–Crippen LogP) is -7.43. The molecule has 1 aliphatic carbocycles. The number of amides is 1. The number of nitrogens with one attached hydrogen (secondary N) is 1. The van der Waals surface area contributed by atoms with E-state index in [1.165, 1.54) is 0 Å². The molecule has 1 amide bonds. The smallest absolute Gasteiger partial charge is 0.249 e. The second kappa shape index (κ2) is 14.2. The first-order chi connectivity index (χ1) is 18.4. The Morgan fingerprint density at radius 1 is 0.897 bits per heavy atom. The van der Waals surface area contributed by atoms with Crippen molar-refractivity contribution in [1.82, 2.24) is 5.32 Å². The molecule has 17 heteroatoms. The minimum Gasteiger partial charge on any atom is -0.394 e. The number of hydrogen-bond acceptors (Lipinski definition) is 16. The number of nitrogens with two attached hydrogens (primary N) is 5. The van der Waals surface area contributed by atoms with E-state index in [4.69, 9.17) is 47.6 Å². The van der Waals surface area contributed by atoms with E-state index in [0.29, 0.717) is 12.8 Å². The zero-order valence-corrected chi connectivity index (χ0v) is 21.5. The summed E-state index contributed by atoms with van der Waals surface area (Å²) in [5, 5.41) is 65.3. The van der Waals surface area contributed by atoms with Gasteiger partial charge in [0.1, 0.15) is 42.7 Å². The third-order valence-corrected chi connectivity index (χ3v) is 7.50. The Labute approximate surface area is 225 Å². The SMILES string of the molecule is NCC[C@H](O)C(=O)NC1[C@H](O[C@H]2OC(CO)[C@H](O)C(N)[C@@H]2O)C(O)C(O[C@H]2OC(CN)CCC2N)[C@@H](N)[C@H]1O. The van der Waals surface area contributed by atoms with Crippen LogP contribution in [-0.2, 0) is 23.7 Å². The summed E-state index contributed by atoms with van der Waals surface area (Å²) in [6.07, 6.45) is -14.1. The number of rotatable bonds is 10. The maximum Gasteiger partial charge on any atom is 0.249 e. The average Bonchev–Trinajstić information content (AvgIpc) is 2.92. The van der Waals surface area contributed by atoms with Crippen LogP contribution in [-0.4, -0.2) is 148 Å². The summed E-state index contributed by atoms with van der Waals surface area (Å²) in [6, 6.07) is -4.65. The molecule has 3 aliphatic rings. The van der Waals surface area contributed by atoms with E-state index in [9.17, 15) is 35.4 Å². The maximum absolute atomic E-state index is 12.6. The van der Waals surface area contributed by atoms with E-state index in [-0.39, 0.29) is 25.6 Å². The zero-order valence-electron chi connectivity index (χ0n) is 21.5. The molecule has 17 N–H and O–H groups in total. The fraction of sp³-hybridized carbons (Fsp3) is 0.955. The molecule has 0 aromatic carbocycles. The van der Waals surface area contributed by atoms with Crippen LogP contribution in [0.25, 0.3) is 0 Å². The van der Waals surface area contributed by atoms with Gasteiger partial charge >= 0.3 is 0 Å². The lowest BCUT2D eigenvalue weighted by Crippen LogP contribution is -2.74. The Balaban J connectivity index is 1.88. The highest BCUT2D eigenvalue weighted by molar-refractivity contribution is 5.81. The van der Waals surface area contributed by atoms with Gasteiger partial charge in [0.25, 0.3) is 0 Å². The van der Waals surface area contributed by atoms with Crippen LogP contribution in [0.15, 0.2) is 0 Å². The van der Waals surface area contributed by atoms with Gasteiger partial charge in [-0.15, -0.1) is 0 Å². The highest BCUT2D eigenvalue weighted by Gasteiger charge is 2.54. The van der Waals surface area contributed by atoms with Gasteiger partial charge in [-0.2, -0.15) is 0 Å². The van der Waals surface area contributed by atoms with Gasteiger partial charge in [0.15, 0.2) is 12.6 Å². The first-order valence-electron chi connectivity index (χ1n) is 13.0. The lowest BCUT2D eigenvalue weighted by molar-refractivity contribution is -0.319. The molecule has 17 nitrogen and oxygen atoms in total. The van der Waals surface area contributed by atoms with Crippen molar-refractivity contribution in [2.24, 2.45) is 28.7 Å². The fourth-order valence-corrected chi connectivity index (χ4v) is 5.03. The van der Waals surface area contributed by atoms with Crippen LogP contribution in [0.1, 0.15) is 19.3 Å². The lowest BCUT2D eigenvalue weighted by Gasteiger charge is -2.50. The summed E-state index contributed by atoms with van der Waals surface area (Å²) in [5.41, 5.74) is 29.4. The molecule has 0 aromatic heterocycles. The summed E-state index contributed by atoms with van der Waals surface area (Å²) in [5.74, 6) is -0.925. The molecule has 39 heavy (non-hydrogen) atoms. The van der Waals surface area contributed by atoms with Crippen molar-refractivity contribution in [3.8, 4) is 0 Å². The van der Waals surface area contributed by atoms with Crippen LogP contribution < -0.4 is 34.0 Å². The number of aliphatic hydroxyl groups excluding tert-OH is 6. The molecular formula is C22H44N6O11. The first kappa shape index (κ1) is 32.4. The van der Waals surface area contributed by atoms with Gasteiger partial charge in [-0.3, -0.25) is 4.79 Å². The van der Waals surface area contributed by atoms with Gasteiger partial charge in [-0.1, -0.05) is 0 Å². The monoisotopic (exact) mass is 568 g/mol. The van der Waals surface area contributed by atoms with E-state index in [1.54, 1.807) is 0 Å². The van der Waals surface area contributed by atoms with Gasteiger partial charge < -0.3 is 83.6 Å². The third-order valence-electron chi connectivity index (χ3n) is 7.50. The Kier molecular flexibility index (Phi) is 11.8. The van der Waals surface area contributed by atoms with E-state index >= 15 is 0 Å². The van der Waals surface area contributed by atoms with Crippen molar-refractivity contribution in [2.75, 3.05) is 19.7 Å². The van der Waals surface area contributed by atoms with Crippen molar-refractivity contribution in [2.45, 2.75) is 111 Å². The molecule has 0 bridgehead atoms. The van der Waals surface area contributed by atoms with E-state index in [1.807, 2.05) is 0 Å². The van der Waals surface area contributed by atoms with Crippen molar-refractivity contribution >= 4 is 5.91 Å². The number of hydrogen-bond donors (Lipinski definition) is 12. The number of carbonyl (C=O) groups is 1. The summed E-state index contributed by atoms with van der Waals surface area (Å²) in [4.78, 5) is 12.6. The van der Waals surface area contributed by atoms with E-state index in [2.05, 4.69) is 5.32 Å². The third kappa shape index (κ3) is 7.21. The molecule has 0 radical (unpaired) electrons. The topological polar surface area (TPSA) is 318 Å². The zero-order chi connectivity index (χ0) is 29.0. The summed E-state index contributed by atoms with van der Waals surface area (Å²) < 4.78 is 23.0. The Morgan fingerprint density at radius 3 is 2.18 bits per heavy atom. The van der Waals surface area contributed by atoms with E-state index in [0.717, 1.165) is 0 Å². The fourth-order valence-electron chi connectivity index (χ4n) is 5.03. The minimum absolute atomic E-state index is 0.00387. The van der Waals surface area contributed by atoms with Gasteiger partial charge in [-0.25, -0.2) is 0 Å². The normalized spacial score (nSPS) is 46.0. The van der Waals surface area contributed by atoms with Gasteiger partial charge in [0.2, 0.25) is 5.91 Å². The van der Waals surface area contributed by atoms with Gasteiger partial charge in [0.05, 0.1) is 43.0 Å². The average molecular weight is 569 g/mol. The largest absolute Gasteiger partial charge is 0.394 e. The van der Waals surface area contributed by atoms with Gasteiger partial charge in [-0.05, 0) is 25.8 Å². The molecule has 2 saturated heterocycles. The molecule has 1 saturated carbocycles. The van der Waals surface area contributed by atoms with Crippen molar-refractivity contribution in [1.29, 1.82) is 0 Å². The molecule has 0 spiro atoms. The van der Waals surface area contributed by atoms with Crippen LogP contribution in [0.3, 0.4) is 0 Å². The highest BCUT2D eigenvalue weighted by Crippen LogP contribution is 2.31. The van der Waals surface area contributed by atoms with Crippen molar-refractivity contribution in [3.05, 3.63) is 0 Å². The van der Waals surface area contributed by atoms with Crippen LogP contribution in [0.4, 0.5) is 0 Å². The van der Waals surface area contributed by atoms with Gasteiger partial charge in [0, 0.05) is 6.54 Å². The maximum atomic E-state index is 12.6. The van der Waals surface area contributed by atoms with E-state index < -0.39 is 98.1 Å². The highest BCUT2D eigenvalue weighted by atomic mass is 16.7. The molecule has 2 heterocycles.